The van der Waals surface area contributed by atoms with Crippen LogP contribution in [0.2, 0.25) is 0 Å². The molecule has 0 aromatic heterocycles. The van der Waals surface area contributed by atoms with Crippen molar-refractivity contribution in [3.63, 3.8) is 0 Å². The van der Waals surface area contributed by atoms with Crippen LogP contribution >= 0.6 is 0 Å². The van der Waals surface area contributed by atoms with Crippen LogP contribution in [0.25, 0.3) is 4.85 Å². The predicted octanol–water partition coefficient (Wildman–Crippen LogP) is 1.54. The predicted molar refractivity (Wildman–Crippen MR) is 21.5 cm³/mol. The van der Waals surface area contributed by atoms with Gasteiger partial charge in [-0.3, -0.25) is 0 Å². The molecule has 0 N–H and O–H groups in total. The number of halogens is 2. The van der Waals surface area contributed by atoms with E-state index in [2.05, 4.69) is 0 Å². The molecular formula is C4F2N2. The molecule has 2 nitrogen and oxygen atoms in total. The van der Waals surface area contributed by atoms with Crippen molar-refractivity contribution in [1.82, 2.24) is 0 Å². The molecule has 0 fully saturated rings. The standard InChI is InChI=1S/C4F2N2/c1-8-4(6)3(5)2-7/b4-3-. The lowest BCUT2D eigenvalue weighted by Crippen LogP contribution is -1.66. The molecular weight excluding hydrogens is 114 g/mol. The average Bonchev–Trinajstić information content (AvgIpc) is 1.84. The van der Waals surface area contributed by atoms with Crippen LogP contribution in [-0.4, -0.2) is 0 Å². The van der Waals surface area contributed by atoms with Gasteiger partial charge in [-0.15, -0.1) is 0 Å². The van der Waals surface area contributed by atoms with Crippen molar-refractivity contribution in [1.29, 1.82) is 5.26 Å². The Kier molecular flexibility index (Phi) is 2.22. The lowest BCUT2D eigenvalue weighted by molar-refractivity contribution is 0.575. The summed E-state index contributed by atoms with van der Waals surface area (Å²) in [6.07, 6.45) is 0. The van der Waals surface area contributed by atoms with E-state index in [0.29, 0.717) is 0 Å². The quantitative estimate of drug-likeness (QED) is 0.266. The Bertz CT molecular complexity index is 171. The van der Waals surface area contributed by atoms with Crippen LogP contribution in [0.3, 0.4) is 0 Å². The van der Waals surface area contributed by atoms with Gasteiger partial charge < -0.3 is 0 Å². The Labute approximate surface area is 44.5 Å². The topological polar surface area (TPSA) is 28.1 Å². The van der Waals surface area contributed by atoms with Crippen LogP contribution in [0.1, 0.15) is 0 Å². The number of rotatable bonds is 0. The first kappa shape index (κ1) is 6.58. The molecule has 0 aromatic rings. The van der Waals surface area contributed by atoms with Gasteiger partial charge in [0.25, 0.3) is 0 Å². The van der Waals surface area contributed by atoms with Crippen molar-refractivity contribution in [3.05, 3.63) is 23.2 Å². The number of hydrogen-bond acceptors (Lipinski definition) is 1. The minimum Gasteiger partial charge on any atom is -0.233 e. The second-order valence-corrected chi connectivity index (χ2v) is 0.828. The molecule has 0 rings (SSSR count). The molecule has 0 radical (unpaired) electrons. The fourth-order valence-electron chi connectivity index (χ4n) is 0.0952. The van der Waals surface area contributed by atoms with Crippen LogP contribution in [-0.2, 0) is 0 Å². The first-order valence-electron chi connectivity index (χ1n) is 1.55. The summed E-state index contributed by atoms with van der Waals surface area (Å²) in [5.41, 5.74) is 0. The number of allylic oxidation sites excluding steroid dienone is 1. The second-order valence-electron chi connectivity index (χ2n) is 0.828. The zero-order chi connectivity index (χ0) is 6.57. The molecule has 0 aromatic carbocycles. The van der Waals surface area contributed by atoms with Gasteiger partial charge in [0.15, 0.2) is 0 Å². The maximum Gasteiger partial charge on any atom is 0.377 e. The number of nitrogens with zero attached hydrogens (tertiary/aromatic N) is 2. The van der Waals surface area contributed by atoms with Crippen LogP contribution < -0.4 is 0 Å². The molecule has 0 atom stereocenters. The molecule has 0 unspecified atom stereocenters. The Hall–Kier alpha value is -1.42. The summed E-state index contributed by atoms with van der Waals surface area (Å²) in [6, 6.07) is 0.840. The molecule has 0 saturated carbocycles. The largest absolute Gasteiger partial charge is 0.377 e. The molecule has 4 heteroatoms. The van der Waals surface area contributed by atoms with E-state index >= 15 is 0 Å². The molecule has 40 valence electrons. The van der Waals surface area contributed by atoms with E-state index in [1.165, 1.54) is 0 Å². The maximum atomic E-state index is 11.5. The average molecular weight is 114 g/mol. The molecule has 0 aliphatic carbocycles. The molecule has 0 aliphatic rings. The van der Waals surface area contributed by atoms with Crippen LogP contribution in [0, 0.1) is 17.9 Å². The molecule has 0 spiro atoms. The highest BCUT2D eigenvalue weighted by Gasteiger charge is 2.00. The highest BCUT2D eigenvalue weighted by Crippen LogP contribution is 2.06. The monoisotopic (exact) mass is 114 g/mol. The van der Waals surface area contributed by atoms with Crippen LogP contribution in [0.4, 0.5) is 8.78 Å². The van der Waals surface area contributed by atoms with Crippen molar-refractivity contribution in [2.75, 3.05) is 0 Å². The zero-order valence-electron chi connectivity index (χ0n) is 3.65. The van der Waals surface area contributed by atoms with Crippen molar-refractivity contribution in [2.24, 2.45) is 0 Å². The van der Waals surface area contributed by atoms with Gasteiger partial charge in [0.05, 0.1) is 6.57 Å². The Morgan fingerprint density at radius 3 is 2.25 bits per heavy atom. The number of hydrogen-bond donors (Lipinski definition) is 0. The van der Waals surface area contributed by atoms with Gasteiger partial charge in [-0.1, -0.05) is 0 Å². The molecule has 0 heterocycles. The molecule has 0 amide bonds. The first-order chi connectivity index (χ1) is 3.72. The maximum absolute atomic E-state index is 11.5. The molecule has 8 heavy (non-hydrogen) atoms. The smallest absolute Gasteiger partial charge is 0.233 e. The lowest BCUT2D eigenvalue weighted by atomic mass is 10.6. The van der Waals surface area contributed by atoms with Gasteiger partial charge in [0.1, 0.15) is 6.07 Å². The van der Waals surface area contributed by atoms with E-state index in [9.17, 15) is 8.78 Å². The highest BCUT2D eigenvalue weighted by atomic mass is 19.2. The minimum absolute atomic E-state index is 0.840. The lowest BCUT2D eigenvalue weighted by Gasteiger charge is -1.73. The molecule has 0 bridgehead atoms. The van der Waals surface area contributed by atoms with Gasteiger partial charge in [-0.05, 0) is 0 Å². The highest BCUT2D eigenvalue weighted by molar-refractivity contribution is 5.19. The van der Waals surface area contributed by atoms with Crippen molar-refractivity contribution in [2.45, 2.75) is 0 Å². The minimum atomic E-state index is -1.69. The van der Waals surface area contributed by atoms with E-state index in [1.807, 2.05) is 4.85 Å². The third-order valence-corrected chi connectivity index (χ3v) is 0.377. The SMILES string of the molecule is [C-]#[N+]/C(F)=C(\F)C#N. The summed E-state index contributed by atoms with van der Waals surface area (Å²) in [7, 11) is 0. The number of nitriles is 1. The second kappa shape index (κ2) is 2.70. The van der Waals surface area contributed by atoms with Gasteiger partial charge in [-0.25, -0.2) is 13.6 Å². The Balaban J connectivity index is 4.41. The van der Waals surface area contributed by atoms with E-state index in [1.54, 1.807) is 0 Å². The summed E-state index contributed by atoms with van der Waals surface area (Å²) in [4.78, 5) is 2.02. The summed E-state index contributed by atoms with van der Waals surface area (Å²) in [6.45, 7) is 5.84. The summed E-state index contributed by atoms with van der Waals surface area (Å²) in [5, 5.41) is 7.57. The third kappa shape index (κ3) is 1.36. The van der Waals surface area contributed by atoms with Crippen molar-refractivity contribution >= 4 is 0 Å². The van der Waals surface area contributed by atoms with Crippen molar-refractivity contribution < 1.29 is 8.78 Å². The van der Waals surface area contributed by atoms with Gasteiger partial charge in [-0.2, -0.15) is 5.26 Å². The fraction of sp³-hybridized carbons (Fsp3) is 0. The fourth-order valence-corrected chi connectivity index (χ4v) is 0.0952. The van der Waals surface area contributed by atoms with Gasteiger partial charge in [0.2, 0.25) is 5.83 Å². The normalized spacial score (nSPS) is 11.0. The van der Waals surface area contributed by atoms with Crippen molar-refractivity contribution in [3.8, 4) is 6.07 Å². The Morgan fingerprint density at radius 1 is 1.62 bits per heavy atom. The first-order valence-corrected chi connectivity index (χ1v) is 1.55. The van der Waals surface area contributed by atoms with E-state index in [4.69, 9.17) is 11.8 Å². The van der Waals surface area contributed by atoms with E-state index in [0.717, 1.165) is 6.07 Å². The van der Waals surface area contributed by atoms with E-state index < -0.39 is 11.8 Å². The molecule has 0 aliphatic heterocycles. The Morgan fingerprint density at radius 2 is 2.12 bits per heavy atom. The summed E-state index contributed by atoms with van der Waals surface area (Å²) < 4.78 is 22.9. The van der Waals surface area contributed by atoms with Gasteiger partial charge in [0, 0.05) is 0 Å². The molecule has 0 saturated heterocycles. The van der Waals surface area contributed by atoms with E-state index in [-0.39, 0.29) is 0 Å². The summed E-state index contributed by atoms with van der Waals surface area (Å²) >= 11 is 0. The van der Waals surface area contributed by atoms with Gasteiger partial charge >= 0.3 is 5.95 Å². The zero-order valence-corrected chi connectivity index (χ0v) is 3.65. The third-order valence-electron chi connectivity index (χ3n) is 0.377. The van der Waals surface area contributed by atoms with Crippen LogP contribution in [0.15, 0.2) is 11.8 Å². The van der Waals surface area contributed by atoms with Crippen LogP contribution in [0.5, 0.6) is 0 Å². The summed E-state index contributed by atoms with van der Waals surface area (Å²) in [5.74, 6) is -3.35.